The fourth-order valence-corrected chi connectivity index (χ4v) is 3.78. The number of anilines is 2. The fourth-order valence-electron chi connectivity index (χ4n) is 3.78. The van der Waals surface area contributed by atoms with Crippen molar-refractivity contribution in [1.82, 2.24) is 39.5 Å². The molecule has 0 aliphatic rings. The normalized spacial score (nSPS) is 11.1. The Labute approximate surface area is 201 Å². The molecule has 0 bridgehead atoms. The summed E-state index contributed by atoms with van der Waals surface area (Å²) in [6.45, 7) is 1.95. The minimum Gasteiger partial charge on any atom is -0.324 e. The summed E-state index contributed by atoms with van der Waals surface area (Å²) < 4.78 is 3.53. The summed E-state index contributed by atoms with van der Waals surface area (Å²) in [6.07, 6.45) is 9.13. The Hall–Kier alpha value is -4.92. The predicted molar refractivity (Wildman–Crippen MR) is 134 cm³/mol. The van der Waals surface area contributed by atoms with E-state index in [1.54, 1.807) is 21.9 Å². The molecule has 0 unspecified atom stereocenters. The second-order valence-corrected chi connectivity index (χ2v) is 8.24. The Morgan fingerprint density at radius 3 is 2.43 bits per heavy atom. The zero-order valence-electron chi connectivity index (χ0n) is 19.2. The van der Waals surface area contributed by atoms with Crippen LogP contribution in [0.15, 0.2) is 85.7 Å². The highest BCUT2D eigenvalue weighted by molar-refractivity contribution is 5.84. The lowest BCUT2D eigenvalue weighted by Gasteiger charge is -2.08. The average Bonchev–Trinajstić information content (AvgIpc) is 3.54. The van der Waals surface area contributed by atoms with Crippen molar-refractivity contribution in [2.45, 2.75) is 6.92 Å². The monoisotopic (exact) mass is 459 g/mol. The number of nitrogens with one attached hydrogen (secondary N) is 1. The van der Waals surface area contributed by atoms with Gasteiger partial charge in [0.25, 0.3) is 0 Å². The number of fused-ring (bicyclic) bond motifs is 1. The van der Waals surface area contributed by atoms with E-state index in [1.807, 2.05) is 81.1 Å². The Bertz CT molecular complexity index is 1630. The molecule has 0 atom stereocenters. The van der Waals surface area contributed by atoms with Crippen molar-refractivity contribution >= 4 is 22.5 Å². The molecule has 0 fully saturated rings. The molecule has 4 heterocycles. The van der Waals surface area contributed by atoms with Crippen molar-refractivity contribution in [3.05, 3.63) is 91.4 Å². The van der Waals surface area contributed by atoms with E-state index in [1.165, 1.54) is 0 Å². The first-order chi connectivity index (χ1) is 17.1. The second kappa shape index (κ2) is 8.45. The molecule has 0 spiro atoms. The lowest BCUT2D eigenvalue weighted by Crippen LogP contribution is -1.99. The van der Waals surface area contributed by atoms with Crippen LogP contribution in [0.2, 0.25) is 0 Å². The number of pyridine rings is 1. The van der Waals surface area contributed by atoms with Crippen LogP contribution in [0.1, 0.15) is 5.69 Å². The number of hydrogen-bond donors (Lipinski definition) is 1. The lowest BCUT2D eigenvalue weighted by molar-refractivity contribution is 0.768. The molecule has 0 saturated heterocycles. The second-order valence-electron chi connectivity index (χ2n) is 8.24. The van der Waals surface area contributed by atoms with Crippen LogP contribution in [0.25, 0.3) is 39.1 Å². The molecule has 0 amide bonds. The molecule has 0 aliphatic heterocycles. The van der Waals surface area contributed by atoms with E-state index in [0.717, 1.165) is 44.7 Å². The maximum atomic E-state index is 4.70. The SMILES string of the molecule is Cc1ccc(-c2ncn(-c3ccc(Nc4ncc5ccc(-c6cnn(C)c6)cc5n4)cc3)n2)cn1. The van der Waals surface area contributed by atoms with Gasteiger partial charge in [-0.05, 0) is 55.0 Å². The van der Waals surface area contributed by atoms with Gasteiger partial charge in [0, 0.05) is 53.5 Å². The van der Waals surface area contributed by atoms with Crippen LogP contribution in [-0.2, 0) is 7.05 Å². The smallest absolute Gasteiger partial charge is 0.227 e. The van der Waals surface area contributed by atoms with Crippen molar-refractivity contribution < 1.29 is 0 Å². The van der Waals surface area contributed by atoms with Gasteiger partial charge < -0.3 is 5.32 Å². The van der Waals surface area contributed by atoms with Gasteiger partial charge in [-0.25, -0.2) is 19.6 Å². The molecule has 0 saturated carbocycles. The summed E-state index contributed by atoms with van der Waals surface area (Å²) in [5.41, 5.74) is 6.59. The van der Waals surface area contributed by atoms with Crippen LogP contribution >= 0.6 is 0 Å². The largest absolute Gasteiger partial charge is 0.324 e. The molecule has 2 aromatic carbocycles. The number of hydrogen-bond acceptors (Lipinski definition) is 7. The third kappa shape index (κ3) is 4.22. The van der Waals surface area contributed by atoms with Crippen molar-refractivity contribution in [2.24, 2.45) is 7.05 Å². The van der Waals surface area contributed by atoms with E-state index in [4.69, 9.17) is 4.98 Å². The number of aromatic nitrogens is 8. The third-order valence-corrected chi connectivity index (χ3v) is 5.67. The predicted octanol–water partition coefficient (Wildman–Crippen LogP) is 4.73. The van der Waals surface area contributed by atoms with Gasteiger partial charge >= 0.3 is 0 Å². The van der Waals surface area contributed by atoms with E-state index >= 15 is 0 Å². The third-order valence-electron chi connectivity index (χ3n) is 5.67. The van der Waals surface area contributed by atoms with Crippen molar-refractivity contribution in [3.63, 3.8) is 0 Å². The van der Waals surface area contributed by atoms with Crippen LogP contribution in [0, 0.1) is 6.92 Å². The highest BCUT2D eigenvalue weighted by Crippen LogP contribution is 2.24. The number of rotatable bonds is 5. The zero-order chi connectivity index (χ0) is 23.8. The Morgan fingerprint density at radius 2 is 1.66 bits per heavy atom. The molecule has 4 aromatic heterocycles. The van der Waals surface area contributed by atoms with Crippen LogP contribution in [0.3, 0.4) is 0 Å². The molecule has 6 rings (SSSR count). The summed E-state index contributed by atoms with van der Waals surface area (Å²) in [6, 6.07) is 17.9. The number of benzene rings is 2. The molecule has 1 N–H and O–H groups in total. The minimum absolute atomic E-state index is 0.531. The molecule has 0 aliphatic carbocycles. The first kappa shape index (κ1) is 20.7. The van der Waals surface area contributed by atoms with E-state index in [2.05, 4.69) is 36.5 Å². The van der Waals surface area contributed by atoms with Gasteiger partial charge in [-0.1, -0.05) is 12.1 Å². The molecular formula is C26H21N9. The van der Waals surface area contributed by atoms with Gasteiger partial charge in [0.15, 0.2) is 5.82 Å². The van der Waals surface area contributed by atoms with Gasteiger partial charge in [0.05, 0.1) is 17.4 Å². The summed E-state index contributed by atoms with van der Waals surface area (Å²) in [7, 11) is 1.91. The standard InChI is InChI=1S/C26H21N9/c1-17-3-4-20(13-27-17)25-29-16-35(33-25)23-9-7-22(8-10-23)31-26-28-12-19-6-5-18(11-24(19)32-26)21-14-30-34(2)15-21/h3-16H,1-2H3,(H,28,31,32). The first-order valence-corrected chi connectivity index (χ1v) is 11.1. The molecule has 170 valence electrons. The van der Waals surface area contributed by atoms with Crippen LogP contribution < -0.4 is 5.32 Å². The Morgan fingerprint density at radius 1 is 0.800 bits per heavy atom. The first-order valence-electron chi connectivity index (χ1n) is 11.1. The molecule has 9 nitrogen and oxygen atoms in total. The van der Waals surface area contributed by atoms with Crippen LogP contribution in [0.5, 0.6) is 0 Å². The van der Waals surface area contributed by atoms with Crippen LogP contribution in [0.4, 0.5) is 11.6 Å². The van der Waals surface area contributed by atoms with Crippen LogP contribution in [-0.4, -0.2) is 39.5 Å². The summed E-state index contributed by atoms with van der Waals surface area (Å²) >= 11 is 0. The van der Waals surface area contributed by atoms with E-state index in [9.17, 15) is 0 Å². The minimum atomic E-state index is 0.531. The summed E-state index contributed by atoms with van der Waals surface area (Å²) in [4.78, 5) is 17.9. The molecular weight excluding hydrogens is 438 g/mol. The molecule has 6 aromatic rings. The zero-order valence-corrected chi connectivity index (χ0v) is 19.2. The summed E-state index contributed by atoms with van der Waals surface area (Å²) in [5, 5.41) is 13.1. The number of nitrogens with zero attached hydrogens (tertiary/aromatic N) is 8. The molecule has 9 heteroatoms. The fraction of sp³-hybridized carbons (Fsp3) is 0.0769. The number of aryl methyl sites for hydroxylation is 2. The Kier molecular flexibility index (Phi) is 4.99. The van der Waals surface area contributed by atoms with Gasteiger partial charge in [-0.15, -0.1) is 5.10 Å². The van der Waals surface area contributed by atoms with E-state index in [-0.39, 0.29) is 0 Å². The maximum Gasteiger partial charge on any atom is 0.227 e. The van der Waals surface area contributed by atoms with Crippen molar-refractivity contribution in [3.8, 4) is 28.2 Å². The highest BCUT2D eigenvalue weighted by atomic mass is 15.3. The topological polar surface area (TPSA) is 99.2 Å². The quantitative estimate of drug-likeness (QED) is 0.398. The van der Waals surface area contributed by atoms with E-state index in [0.29, 0.717) is 11.8 Å². The lowest BCUT2D eigenvalue weighted by atomic mass is 10.1. The summed E-state index contributed by atoms with van der Waals surface area (Å²) in [5.74, 6) is 1.17. The highest BCUT2D eigenvalue weighted by Gasteiger charge is 2.08. The molecule has 35 heavy (non-hydrogen) atoms. The Balaban J connectivity index is 1.21. The van der Waals surface area contributed by atoms with Gasteiger partial charge in [0.1, 0.15) is 6.33 Å². The van der Waals surface area contributed by atoms with Gasteiger partial charge in [-0.2, -0.15) is 5.10 Å². The maximum absolute atomic E-state index is 4.70. The van der Waals surface area contributed by atoms with Gasteiger partial charge in [0.2, 0.25) is 5.95 Å². The van der Waals surface area contributed by atoms with Crippen molar-refractivity contribution in [1.29, 1.82) is 0 Å². The average molecular weight is 460 g/mol. The van der Waals surface area contributed by atoms with Gasteiger partial charge in [-0.3, -0.25) is 9.67 Å². The van der Waals surface area contributed by atoms with Crippen molar-refractivity contribution in [2.75, 3.05) is 5.32 Å². The van der Waals surface area contributed by atoms with E-state index < -0.39 is 0 Å². The molecule has 0 radical (unpaired) electrons.